The fourth-order valence-corrected chi connectivity index (χ4v) is 6.46. The van der Waals surface area contributed by atoms with Crippen molar-refractivity contribution in [2.45, 2.75) is 37.3 Å². The van der Waals surface area contributed by atoms with Crippen LogP contribution in [0.1, 0.15) is 41.6 Å². The summed E-state index contributed by atoms with van der Waals surface area (Å²) in [4.78, 5) is 20.7. The number of pyridine rings is 1. The monoisotopic (exact) mass is 484 g/mol. The summed E-state index contributed by atoms with van der Waals surface area (Å²) in [5, 5.41) is 1.04. The Kier molecular flexibility index (Phi) is 5.92. The molecule has 4 heterocycles. The van der Waals surface area contributed by atoms with Gasteiger partial charge in [-0.3, -0.25) is 14.7 Å². The van der Waals surface area contributed by atoms with Crippen LogP contribution in [0.4, 0.5) is 0 Å². The lowest BCUT2D eigenvalue weighted by atomic mass is 9.73. The quantitative estimate of drug-likeness (QED) is 0.345. The number of nitrogens with zero attached hydrogens (tertiary/aromatic N) is 2. The third-order valence-corrected chi connectivity index (χ3v) is 8.47. The van der Waals surface area contributed by atoms with E-state index in [1.165, 1.54) is 6.42 Å². The van der Waals surface area contributed by atoms with Crippen molar-refractivity contribution in [3.8, 4) is 11.5 Å². The molecule has 3 aromatic rings. The van der Waals surface area contributed by atoms with Crippen LogP contribution in [0.25, 0.3) is 10.9 Å². The van der Waals surface area contributed by atoms with E-state index in [0.717, 1.165) is 47.1 Å². The number of rotatable bonds is 7. The summed E-state index contributed by atoms with van der Waals surface area (Å²) in [5.74, 6) is 1.92. The Labute approximate surface area is 211 Å². The van der Waals surface area contributed by atoms with E-state index >= 15 is 0 Å². The van der Waals surface area contributed by atoms with E-state index < -0.39 is 0 Å². The summed E-state index contributed by atoms with van der Waals surface area (Å²) in [6, 6.07) is 14.2. The van der Waals surface area contributed by atoms with Crippen molar-refractivity contribution >= 4 is 16.9 Å². The number of carbonyl (C=O) groups is 1. The van der Waals surface area contributed by atoms with E-state index in [2.05, 4.69) is 28.6 Å². The maximum atomic E-state index is 13.7. The lowest BCUT2D eigenvalue weighted by Gasteiger charge is -2.51. The summed E-state index contributed by atoms with van der Waals surface area (Å²) in [6.07, 6.45) is 6.39. The highest BCUT2D eigenvalue weighted by Crippen LogP contribution is 2.46. The molecule has 36 heavy (non-hydrogen) atoms. The van der Waals surface area contributed by atoms with E-state index in [0.29, 0.717) is 29.8 Å². The molecule has 0 radical (unpaired) electrons. The normalized spacial score (nSPS) is 27.0. The number of hydrogen-bond donors (Lipinski definition) is 0. The van der Waals surface area contributed by atoms with Crippen LogP contribution in [-0.4, -0.2) is 49.2 Å². The molecule has 4 aliphatic rings. The van der Waals surface area contributed by atoms with Gasteiger partial charge in [0.05, 0.1) is 31.7 Å². The SMILES string of the molecule is C=C[C@H]1CN2CC[C@H]1C[C@@H]2[C@@H](OC(=O)[C@@H]1Cc2cc(OC)c(OC)cc21)c1ccnc2ccccc12. The summed E-state index contributed by atoms with van der Waals surface area (Å²) < 4.78 is 17.4. The Morgan fingerprint density at radius 2 is 1.97 bits per heavy atom. The first-order chi connectivity index (χ1) is 17.6. The van der Waals surface area contributed by atoms with Gasteiger partial charge in [0.15, 0.2) is 11.5 Å². The zero-order valence-corrected chi connectivity index (χ0v) is 20.9. The Balaban J connectivity index is 1.34. The van der Waals surface area contributed by atoms with Gasteiger partial charge in [-0.1, -0.05) is 24.3 Å². The molecule has 3 fully saturated rings. The summed E-state index contributed by atoms with van der Waals surface area (Å²) in [6.45, 7) is 6.07. The van der Waals surface area contributed by atoms with Gasteiger partial charge >= 0.3 is 5.97 Å². The number of benzene rings is 2. The number of ether oxygens (including phenoxy) is 3. The summed E-state index contributed by atoms with van der Waals surface area (Å²) in [5.41, 5.74) is 4.03. The molecule has 186 valence electrons. The number of aromatic nitrogens is 1. The number of esters is 1. The summed E-state index contributed by atoms with van der Waals surface area (Å²) in [7, 11) is 3.24. The molecule has 6 atom stereocenters. The standard InChI is InChI=1S/C30H32N2O4/c1-4-18-17-32-12-10-19(18)14-26(32)29(22-9-11-31-25-8-6-5-7-21(22)25)36-30(33)24-13-20-15-27(34-2)28(35-3)16-23(20)24/h4-9,11,15-16,18-19,24,26,29H,1,10,12-14,17H2,2-3H3/t18-,19-,24+,26+,29-/m0/s1. The van der Waals surface area contributed by atoms with Crippen LogP contribution in [0, 0.1) is 11.8 Å². The van der Waals surface area contributed by atoms with Crippen molar-refractivity contribution in [1.82, 2.24) is 9.88 Å². The minimum absolute atomic E-state index is 0.139. The number of fused-ring (bicyclic) bond motifs is 5. The molecule has 1 unspecified atom stereocenters. The maximum absolute atomic E-state index is 13.7. The fraction of sp³-hybridized carbons (Fsp3) is 0.400. The Hall–Kier alpha value is -3.38. The molecular formula is C30H32N2O4. The second-order valence-corrected chi connectivity index (χ2v) is 10.2. The Bertz CT molecular complexity index is 1320. The first kappa shape index (κ1) is 23.0. The van der Waals surface area contributed by atoms with Crippen molar-refractivity contribution in [3.05, 3.63) is 78.0 Å². The number of hydrogen-bond acceptors (Lipinski definition) is 6. The lowest BCUT2D eigenvalue weighted by molar-refractivity contribution is -0.159. The number of piperidine rings is 3. The second-order valence-electron chi connectivity index (χ2n) is 10.2. The van der Waals surface area contributed by atoms with Crippen LogP contribution in [-0.2, 0) is 16.0 Å². The maximum Gasteiger partial charge on any atom is 0.314 e. The molecule has 1 aliphatic carbocycles. The minimum Gasteiger partial charge on any atom is -0.493 e. The highest BCUT2D eigenvalue weighted by atomic mass is 16.5. The smallest absolute Gasteiger partial charge is 0.314 e. The summed E-state index contributed by atoms with van der Waals surface area (Å²) >= 11 is 0. The minimum atomic E-state index is -0.358. The average Bonchev–Trinajstić information content (AvgIpc) is 2.92. The third kappa shape index (κ3) is 3.75. The first-order valence-corrected chi connectivity index (χ1v) is 12.8. The highest BCUT2D eigenvalue weighted by molar-refractivity contribution is 5.85. The second kappa shape index (κ2) is 9.25. The van der Waals surface area contributed by atoms with Gasteiger partial charge in [0.1, 0.15) is 6.10 Å². The molecule has 6 heteroatoms. The van der Waals surface area contributed by atoms with E-state index in [1.807, 2.05) is 42.6 Å². The number of para-hydroxylation sites is 1. The molecule has 6 nitrogen and oxygen atoms in total. The number of methoxy groups -OCH3 is 2. The van der Waals surface area contributed by atoms with E-state index in [9.17, 15) is 4.79 Å². The molecule has 7 rings (SSSR count). The van der Waals surface area contributed by atoms with Crippen molar-refractivity contribution in [3.63, 3.8) is 0 Å². The van der Waals surface area contributed by atoms with Crippen LogP contribution < -0.4 is 9.47 Å². The topological polar surface area (TPSA) is 60.9 Å². The fourth-order valence-electron chi connectivity index (χ4n) is 6.46. The largest absolute Gasteiger partial charge is 0.493 e. The van der Waals surface area contributed by atoms with Crippen LogP contribution in [0.15, 0.2) is 61.3 Å². The van der Waals surface area contributed by atoms with Crippen LogP contribution in [0.2, 0.25) is 0 Å². The number of carbonyl (C=O) groups excluding carboxylic acids is 1. The molecule has 3 aliphatic heterocycles. The van der Waals surface area contributed by atoms with Crippen molar-refractivity contribution < 1.29 is 19.0 Å². The van der Waals surface area contributed by atoms with E-state index in [-0.39, 0.29) is 24.0 Å². The van der Waals surface area contributed by atoms with E-state index in [4.69, 9.17) is 14.2 Å². The van der Waals surface area contributed by atoms with Gasteiger partial charge in [-0.15, -0.1) is 6.58 Å². The predicted octanol–water partition coefficient (Wildman–Crippen LogP) is 5.07. The van der Waals surface area contributed by atoms with Crippen molar-refractivity contribution in [2.24, 2.45) is 11.8 Å². The molecule has 3 saturated heterocycles. The van der Waals surface area contributed by atoms with Crippen LogP contribution in [0.3, 0.4) is 0 Å². The zero-order valence-electron chi connectivity index (χ0n) is 20.9. The predicted molar refractivity (Wildman–Crippen MR) is 138 cm³/mol. The van der Waals surface area contributed by atoms with Gasteiger partial charge in [-0.25, -0.2) is 0 Å². The van der Waals surface area contributed by atoms with Gasteiger partial charge in [-0.2, -0.15) is 0 Å². The van der Waals surface area contributed by atoms with Gasteiger partial charge in [0, 0.05) is 23.7 Å². The molecule has 0 amide bonds. The van der Waals surface area contributed by atoms with Gasteiger partial charge in [0.2, 0.25) is 0 Å². The molecule has 1 aromatic heterocycles. The molecule has 0 saturated carbocycles. The highest BCUT2D eigenvalue weighted by Gasteiger charge is 2.45. The molecule has 0 spiro atoms. The first-order valence-electron chi connectivity index (χ1n) is 12.8. The van der Waals surface area contributed by atoms with Crippen molar-refractivity contribution in [1.29, 1.82) is 0 Å². The average molecular weight is 485 g/mol. The van der Waals surface area contributed by atoms with Gasteiger partial charge < -0.3 is 14.2 Å². The third-order valence-electron chi connectivity index (χ3n) is 8.47. The molecular weight excluding hydrogens is 452 g/mol. The van der Waals surface area contributed by atoms with Gasteiger partial charge in [0.25, 0.3) is 0 Å². The molecule has 2 aromatic carbocycles. The zero-order chi connectivity index (χ0) is 24.8. The molecule has 0 N–H and O–H groups in total. The Morgan fingerprint density at radius 3 is 2.72 bits per heavy atom. The van der Waals surface area contributed by atoms with Crippen LogP contribution in [0.5, 0.6) is 11.5 Å². The van der Waals surface area contributed by atoms with Gasteiger partial charge in [-0.05, 0) is 73.0 Å². The Morgan fingerprint density at radius 1 is 1.17 bits per heavy atom. The molecule has 2 bridgehead atoms. The lowest BCUT2D eigenvalue weighted by Crippen LogP contribution is -2.55. The van der Waals surface area contributed by atoms with E-state index in [1.54, 1.807) is 14.2 Å². The van der Waals surface area contributed by atoms with Crippen LogP contribution >= 0.6 is 0 Å². The van der Waals surface area contributed by atoms with Crippen molar-refractivity contribution in [2.75, 3.05) is 27.3 Å².